The molecule has 1 aliphatic rings. The van der Waals surface area contributed by atoms with E-state index in [1.165, 1.54) is 66.0 Å². The summed E-state index contributed by atoms with van der Waals surface area (Å²) in [6, 6.07) is 41.6. The molecule has 0 aliphatic carbocycles. The lowest BCUT2D eigenvalue weighted by Crippen LogP contribution is -2.40. The van der Waals surface area contributed by atoms with Gasteiger partial charge in [0.25, 0.3) is 23.2 Å². The molecule has 7 aromatic carbocycles. The van der Waals surface area contributed by atoms with Gasteiger partial charge in [-0.2, -0.15) is 0 Å². The number of nitrogens with two attached hydrogens (primary N) is 1. The molecule has 0 radical (unpaired) electrons. The van der Waals surface area contributed by atoms with Crippen LogP contribution >= 0.6 is 0 Å². The van der Waals surface area contributed by atoms with Crippen LogP contribution in [-0.4, -0.2) is 73.3 Å². The Morgan fingerprint density at radius 1 is 0.448 bits per heavy atom. The molecule has 0 spiro atoms. The van der Waals surface area contributed by atoms with E-state index in [9.17, 15) is 29.8 Å². The number of aryl methyl sites for hydroxylation is 6. The molecule has 0 saturated heterocycles. The number of benzene rings is 7. The number of aliphatic hydroxyl groups is 2. The van der Waals surface area contributed by atoms with E-state index in [4.69, 9.17) is 24.8 Å². The number of imide groups is 1. The van der Waals surface area contributed by atoms with E-state index in [2.05, 4.69) is 138 Å². The molecule has 12 rings (SSSR count). The first-order chi connectivity index (χ1) is 45.2. The fourth-order valence-corrected chi connectivity index (χ4v) is 12.6. The molecular weight excluding hydrogens is 1240 g/mol. The molecule has 18 nitrogen and oxygen atoms in total. The van der Waals surface area contributed by atoms with E-state index in [1.54, 1.807) is 62.4 Å². The Balaban J connectivity index is 0.000000165. The number of nitrogens with one attached hydrogen (secondary N) is 4. The second kappa shape index (κ2) is 31.6. The van der Waals surface area contributed by atoms with Crippen molar-refractivity contribution >= 4 is 83.4 Å². The summed E-state index contributed by atoms with van der Waals surface area (Å²) in [5.74, 6) is -0.431. The summed E-state index contributed by atoms with van der Waals surface area (Å²) in [6.45, 7) is 36.3. The highest BCUT2D eigenvalue weighted by molar-refractivity contribution is 6.74. The van der Waals surface area contributed by atoms with Crippen LogP contribution in [0.15, 0.2) is 158 Å². The number of carbonyl (C=O) groups excluding carboxylic acids is 2. The molecule has 20 heteroatoms. The first-order valence-electron chi connectivity index (χ1n) is 32.1. The highest BCUT2D eigenvalue weighted by atomic mass is 28.4. The molecule has 11 aromatic rings. The number of nitro benzene ring substituents is 2. The molecule has 96 heavy (non-hydrogen) atoms. The maximum atomic E-state index is 12.4. The molecule has 8 N–H and O–H groups in total. The standard InChI is InChI=1S/C18H14N2O2.C16H25NOSi.C14H23NO3Si.C10H12N2.C10H11NO.C8H9NO3/c1-11-8-12(9-13-6-7-19-16(11)13)10-20-17(21)14-4-2-3-5-15(14)18(20)22;1-12-9-13(10-14-7-8-17-15(12)14)11-18-19(5,6)16(2,3)4;1-11-9-12(7-8-13(11)15(16)17)10-18-19(5,6)14(2,3)4;1-7-4-8(6-11)5-9-2-3-12-10(7)9;1-7-4-8(6-12)5-9-2-3-11-10(7)9;1-6-4-7(5-10)2-3-8(6)9(11)12/h2-9,19H,10H2,1H3;7-10,17H,11H2,1-6H3;7-9H,10H2,1-6H3;2-5,12H,6,11H2,1H3;2-5,11-12H,6H2,1H3;2-4,10H,5H2,1H3. The SMILES string of the molecule is Cc1cc(CN)cc2cc[nH]c12.Cc1cc(CN2C(=O)c3ccccc3C2=O)cc2cc[nH]c12.Cc1cc(CO)cc2cc[nH]c12.Cc1cc(CO)ccc1[N+](=O)[O-].Cc1cc(CO[Si](C)(C)C(C)(C)C)cc2cc[nH]c12.Cc1cc(CO[Si](C)(C)C(C)(C)C)ccc1[N+](=O)[O-]. The number of nitro groups is 2. The van der Waals surface area contributed by atoms with Gasteiger partial charge in [-0.3, -0.25) is 34.7 Å². The second-order valence-corrected chi connectivity index (χ2v) is 37.2. The summed E-state index contributed by atoms with van der Waals surface area (Å²) in [7, 11) is -3.44. The zero-order valence-electron chi connectivity index (χ0n) is 58.3. The van der Waals surface area contributed by atoms with Crippen molar-refractivity contribution in [2.45, 2.75) is 159 Å². The van der Waals surface area contributed by atoms with Crippen LogP contribution in [0.2, 0.25) is 36.3 Å². The van der Waals surface area contributed by atoms with Crippen molar-refractivity contribution in [3.05, 3.63) is 256 Å². The van der Waals surface area contributed by atoms with Gasteiger partial charge >= 0.3 is 0 Å². The molecule has 1 aliphatic heterocycles. The molecule has 4 aromatic heterocycles. The summed E-state index contributed by atoms with van der Waals surface area (Å²) in [5, 5.41) is 44.0. The van der Waals surface area contributed by atoms with E-state index >= 15 is 0 Å². The predicted octanol–water partition coefficient (Wildman–Crippen LogP) is 18.0. The highest BCUT2D eigenvalue weighted by Gasteiger charge is 2.38. The summed E-state index contributed by atoms with van der Waals surface area (Å²) >= 11 is 0. The van der Waals surface area contributed by atoms with Gasteiger partial charge in [0, 0.05) is 76.7 Å². The zero-order valence-corrected chi connectivity index (χ0v) is 60.3. The molecule has 506 valence electrons. The van der Waals surface area contributed by atoms with Crippen LogP contribution in [0.4, 0.5) is 11.4 Å². The summed E-state index contributed by atoms with van der Waals surface area (Å²) in [5.41, 5.74) is 23.7. The molecule has 0 unspecified atom stereocenters. The minimum Gasteiger partial charge on any atom is -0.413 e. The van der Waals surface area contributed by atoms with Crippen LogP contribution in [0, 0.1) is 61.8 Å². The van der Waals surface area contributed by atoms with Crippen LogP contribution in [-0.2, 0) is 48.4 Å². The Hall–Kier alpha value is -9.13. The topological polar surface area (TPSA) is 272 Å². The van der Waals surface area contributed by atoms with E-state index in [0.717, 1.165) is 45.3 Å². The van der Waals surface area contributed by atoms with Gasteiger partial charge in [0.2, 0.25) is 0 Å². The van der Waals surface area contributed by atoms with Crippen LogP contribution in [0.25, 0.3) is 43.6 Å². The zero-order chi connectivity index (χ0) is 70.6. The molecule has 2 amide bonds. The maximum Gasteiger partial charge on any atom is 0.272 e. The third kappa shape index (κ3) is 18.5. The third-order valence-electron chi connectivity index (χ3n) is 18.2. The van der Waals surface area contributed by atoms with Crippen LogP contribution in [0.1, 0.15) is 129 Å². The summed E-state index contributed by atoms with van der Waals surface area (Å²) in [6.07, 6.45) is 7.76. The Labute approximate surface area is 564 Å². The lowest BCUT2D eigenvalue weighted by Gasteiger charge is -2.36. The quantitative estimate of drug-likeness (QED) is 0.0247. The van der Waals surface area contributed by atoms with E-state index in [0.29, 0.717) is 47.5 Å². The number of aromatic nitrogens is 4. The number of carbonyl (C=O) groups is 2. The van der Waals surface area contributed by atoms with Crippen molar-refractivity contribution in [3.8, 4) is 0 Å². The van der Waals surface area contributed by atoms with E-state index in [1.807, 2.05) is 81.1 Å². The highest BCUT2D eigenvalue weighted by Crippen LogP contribution is 2.39. The van der Waals surface area contributed by atoms with Gasteiger partial charge in [-0.25, -0.2) is 0 Å². The molecule has 5 heterocycles. The minimum atomic E-state index is -1.77. The van der Waals surface area contributed by atoms with Crippen LogP contribution < -0.4 is 5.73 Å². The van der Waals surface area contributed by atoms with Crippen molar-refractivity contribution in [3.63, 3.8) is 0 Å². The molecule has 0 fully saturated rings. The lowest BCUT2D eigenvalue weighted by molar-refractivity contribution is -0.385. The van der Waals surface area contributed by atoms with Gasteiger partial charge in [0.15, 0.2) is 16.6 Å². The van der Waals surface area contributed by atoms with Crippen molar-refractivity contribution < 1.29 is 38.5 Å². The normalized spacial score (nSPS) is 12.2. The average Bonchev–Trinajstić information content (AvgIpc) is 1.63. The number of hydrogen-bond donors (Lipinski definition) is 7. The van der Waals surface area contributed by atoms with Gasteiger partial charge in [0.05, 0.1) is 53.9 Å². The number of amides is 2. The Bertz CT molecular complexity index is 4430. The Kier molecular flexibility index (Phi) is 24.5. The first-order valence-corrected chi connectivity index (χ1v) is 37.9. The van der Waals surface area contributed by atoms with Gasteiger partial charge in [-0.15, -0.1) is 0 Å². The summed E-state index contributed by atoms with van der Waals surface area (Å²) < 4.78 is 12.4. The number of nitrogens with zero attached hydrogens (tertiary/aromatic N) is 3. The van der Waals surface area contributed by atoms with E-state index in [-0.39, 0.29) is 51.4 Å². The number of aliphatic hydroxyl groups excluding tert-OH is 2. The number of aromatic amines is 4. The number of H-pyrrole nitrogens is 4. The maximum absolute atomic E-state index is 12.4. The van der Waals surface area contributed by atoms with Gasteiger partial charge in [-0.1, -0.05) is 77.9 Å². The fraction of sp³-hybridized carbons (Fsp3) is 0.316. The van der Waals surface area contributed by atoms with Crippen molar-refractivity contribution in [2.24, 2.45) is 5.73 Å². The lowest BCUT2D eigenvalue weighted by atomic mass is 10.1. The van der Waals surface area contributed by atoms with Crippen LogP contribution in [0.5, 0.6) is 0 Å². The number of fused-ring (bicyclic) bond motifs is 5. The van der Waals surface area contributed by atoms with Crippen LogP contribution in [0.3, 0.4) is 0 Å². The Morgan fingerprint density at radius 3 is 1.15 bits per heavy atom. The monoisotopic (exact) mass is 1330 g/mol. The van der Waals surface area contributed by atoms with Crippen molar-refractivity contribution in [1.82, 2.24) is 24.8 Å². The average molecular weight is 1340 g/mol. The molecular formula is C76H94N8O10Si2. The molecule has 0 bridgehead atoms. The van der Waals surface area contributed by atoms with Gasteiger partial charge < -0.3 is 44.7 Å². The number of hydrogen-bond acceptors (Lipinski definition) is 11. The van der Waals surface area contributed by atoms with E-state index < -0.39 is 21.6 Å². The predicted molar refractivity (Wildman–Crippen MR) is 392 cm³/mol. The molecule has 0 saturated carbocycles. The Morgan fingerprint density at radius 2 is 0.771 bits per heavy atom. The smallest absolute Gasteiger partial charge is 0.272 e. The van der Waals surface area contributed by atoms with Gasteiger partial charge in [0.1, 0.15) is 0 Å². The van der Waals surface area contributed by atoms with Crippen molar-refractivity contribution in [2.75, 3.05) is 0 Å². The van der Waals surface area contributed by atoms with Crippen molar-refractivity contribution in [1.29, 1.82) is 0 Å². The minimum absolute atomic E-state index is 0.0845. The fourth-order valence-electron chi connectivity index (χ4n) is 10.7. The third-order valence-corrected chi connectivity index (χ3v) is 27.2. The summed E-state index contributed by atoms with van der Waals surface area (Å²) in [4.78, 5) is 59.3. The molecule has 0 atom stereocenters. The first kappa shape index (κ1) is 74.3. The van der Waals surface area contributed by atoms with Gasteiger partial charge in [-0.05, 0) is 240 Å². The largest absolute Gasteiger partial charge is 0.413 e. The second-order valence-electron chi connectivity index (χ2n) is 27.5. The number of rotatable bonds is 13.